The molecule has 2 aliphatic rings. The summed E-state index contributed by atoms with van der Waals surface area (Å²) in [6.45, 7) is 0. The van der Waals surface area contributed by atoms with Crippen LogP contribution < -0.4 is 10.1 Å². The molecule has 6 rings (SSSR count). The molecule has 0 radical (unpaired) electrons. The highest BCUT2D eigenvalue weighted by atomic mass is 79.9. The van der Waals surface area contributed by atoms with Crippen molar-refractivity contribution in [3.05, 3.63) is 111 Å². The second-order valence-electron chi connectivity index (χ2n) is 7.45. The number of ether oxygens (including phenoxy) is 1. The lowest BCUT2D eigenvalue weighted by molar-refractivity contribution is 0.223. The Morgan fingerprint density at radius 3 is 2.58 bits per heavy atom. The van der Waals surface area contributed by atoms with Crippen LogP contribution in [0, 0.1) is 0 Å². The van der Waals surface area contributed by atoms with E-state index in [4.69, 9.17) is 16.3 Å². The molecule has 3 aromatic carbocycles. The van der Waals surface area contributed by atoms with Crippen molar-refractivity contribution in [3.63, 3.8) is 0 Å². The zero-order valence-corrected chi connectivity index (χ0v) is 18.5. The molecule has 31 heavy (non-hydrogen) atoms. The van der Waals surface area contributed by atoms with Gasteiger partial charge in [-0.1, -0.05) is 70.0 Å². The molecule has 0 aliphatic carbocycles. The summed E-state index contributed by atoms with van der Waals surface area (Å²) in [6.07, 6.45) is 1.20. The summed E-state index contributed by atoms with van der Waals surface area (Å²) in [4.78, 5) is 4.46. The molecule has 0 saturated carbocycles. The van der Waals surface area contributed by atoms with Gasteiger partial charge in [0, 0.05) is 26.2 Å². The van der Waals surface area contributed by atoms with E-state index in [1.54, 1.807) is 6.33 Å². The number of hydrogen-bond acceptors (Lipinski definition) is 4. The summed E-state index contributed by atoms with van der Waals surface area (Å²) in [5.74, 6) is 1.50. The fourth-order valence-corrected chi connectivity index (χ4v) is 4.83. The maximum Gasteiger partial charge on any atom is 0.226 e. The van der Waals surface area contributed by atoms with Crippen LogP contribution in [-0.4, -0.2) is 14.8 Å². The second kappa shape index (κ2) is 7.25. The minimum absolute atomic E-state index is 0.198. The lowest BCUT2D eigenvalue weighted by Crippen LogP contribution is -2.32. The maximum atomic E-state index is 6.65. The molecule has 0 bridgehead atoms. The Morgan fingerprint density at radius 1 is 0.968 bits per heavy atom. The van der Waals surface area contributed by atoms with Gasteiger partial charge in [0.2, 0.25) is 5.95 Å². The highest BCUT2D eigenvalue weighted by Gasteiger charge is 2.41. The van der Waals surface area contributed by atoms with Gasteiger partial charge in [-0.2, -0.15) is 10.1 Å². The highest BCUT2D eigenvalue weighted by molar-refractivity contribution is 9.10. The summed E-state index contributed by atoms with van der Waals surface area (Å²) in [5, 5.41) is 8.71. The lowest BCUT2D eigenvalue weighted by Gasteiger charge is -2.39. The lowest BCUT2D eigenvalue weighted by atomic mass is 9.84. The van der Waals surface area contributed by atoms with Crippen molar-refractivity contribution in [2.75, 3.05) is 5.32 Å². The van der Waals surface area contributed by atoms with Gasteiger partial charge in [-0.25, -0.2) is 4.68 Å². The first-order valence-corrected chi connectivity index (χ1v) is 11.0. The van der Waals surface area contributed by atoms with Crippen molar-refractivity contribution in [1.82, 2.24) is 14.8 Å². The topological polar surface area (TPSA) is 52.0 Å². The predicted molar refractivity (Wildman–Crippen MR) is 124 cm³/mol. The molecule has 4 aromatic rings. The summed E-state index contributed by atoms with van der Waals surface area (Å²) in [5.41, 5.74) is 5.03. The van der Waals surface area contributed by atoms with Gasteiger partial charge in [0.05, 0.1) is 5.70 Å². The van der Waals surface area contributed by atoms with Gasteiger partial charge in [0.25, 0.3) is 0 Å². The molecule has 0 saturated heterocycles. The van der Waals surface area contributed by atoms with Crippen LogP contribution in [0.3, 0.4) is 0 Å². The Morgan fingerprint density at radius 2 is 1.74 bits per heavy atom. The van der Waals surface area contributed by atoms with Gasteiger partial charge in [-0.05, 0) is 35.9 Å². The summed E-state index contributed by atoms with van der Waals surface area (Å²) >= 11 is 10.2. The number of anilines is 1. The van der Waals surface area contributed by atoms with Crippen LogP contribution in [-0.2, 0) is 0 Å². The zero-order chi connectivity index (χ0) is 20.9. The number of rotatable bonds is 2. The number of nitrogens with zero attached hydrogens (tertiary/aromatic N) is 3. The van der Waals surface area contributed by atoms with Gasteiger partial charge in [0.1, 0.15) is 18.1 Å². The van der Waals surface area contributed by atoms with Gasteiger partial charge in [0.15, 0.2) is 6.10 Å². The Balaban J connectivity index is 1.65. The smallest absolute Gasteiger partial charge is 0.226 e. The van der Waals surface area contributed by atoms with Crippen molar-refractivity contribution >= 4 is 39.2 Å². The van der Waals surface area contributed by atoms with Crippen LogP contribution in [0.4, 0.5) is 5.95 Å². The number of para-hydroxylation sites is 1. The molecule has 3 heterocycles. The standard InChI is InChI=1S/C24H16BrClN4O/c25-15-11-9-14(10-12-15)22-20-21(29-24-27-13-28-30(22)24)17-6-2-4-8-19(17)31-23(20)16-5-1-3-7-18(16)26/h1-13,22-23H,(H,27,28,29)/t22-,23-/m1/s1. The SMILES string of the molecule is Clc1ccccc1[C@H]1Oc2ccccc2C2=C1[C@@H](c1ccc(Br)cc1)n1ncnc1N2. The van der Waals surface area contributed by atoms with Crippen molar-refractivity contribution < 1.29 is 4.74 Å². The summed E-state index contributed by atoms with van der Waals surface area (Å²) in [7, 11) is 0. The average molecular weight is 492 g/mol. The van der Waals surface area contributed by atoms with Crippen LogP contribution in [0.1, 0.15) is 28.8 Å². The molecular formula is C24H16BrClN4O. The third-order valence-corrected chi connectivity index (χ3v) is 6.57. The number of hydrogen-bond donors (Lipinski definition) is 1. The Kier molecular flexibility index (Phi) is 4.37. The molecule has 152 valence electrons. The Bertz CT molecular complexity index is 1330. The minimum atomic E-state index is -0.378. The van der Waals surface area contributed by atoms with Crippen LogP contribution in [0.5, 0.6) is 5.75 Å². The van der Waals surface area contributed by atoms with Crippen LogP contribution in [0.25, 0.3) is 5.70 Å². The van der Waals surface area contributed by atoms with Crippen molar-refractivity contribution in [1.29, 1.82) is 0 Å². The molecule has 5 nitrogen and oxygen atoms in total. The monoisotopic (exact) mass is 490 g/mol. The largest absolute Gasteiger partial charge is 0.480 e. The van der Waals surface area contributed by atoms with Gasteiger partial charge >= 0.3 is 0 Å². The van der Waals surface area contributed by atoms with E-state index < -0.39 is 0 Å². The first kappa shape index (κ1) is 18.7. The van der Waals surface area contributed by atoms with Crippen molar-refractivity contribution in [3.8, 4) is 5.75 Å². The van der Waals surface area contributed by atoms with E-state index in [0.717, 1.165) is 38.2 Å². The molecule has 0 amide bonds. The molecule has 0 unspecified atom stereocenters. The first-order valence-electron chi connectivity index (χ1n) is 9.87. The van der Waals surface area contributed by atoms with Crippen LogP contribution >= 0.6 is 27.5 Å². The molecule has 2 aliphatic heterocycles. The van der Waals surface area contributed by atoms with Crippen molar-refractivity contribution in [2.24, 2.45) is 0 Å². The highest BCUT2D eigenvalue weighted by Crippen LogP contribution is 2.51. The first-order chi connectivity index (χ1) is 15.2. The molecule has 7 heteroatoms. The van der Waals surface area contributed by atoms with E-state index >= 15 is 0 Å². The molecule has 2 atom stereocenters. The molecule has 1 N–H and O–H groups in total. The molecule has 1 aromatic heterocycles. The van der Waals surface area contributed by atoms with E-state index in [0.29, 0.717) is 11.0 Å². The maximum absolute atomic E-state index is 6.65. The van der Waals surface area contributed by atoms with E-state index in [9.17, 15) is 0 Å². The number of fused-ring (bicyclic) bond motifs is 3. The number of halogens is 2. The fraction of sp³-hybridized carbons (Fsp3) is 0.0833. The fourth-order valence-electron chi connectivity index (χ4n) is 4.33. The predicted octanol–water partition coefficient (Wildman–Crippen LogP) is 6.25. The normalized spacial score (nSPS) is 19.0. The van der Waals surface area contributed by atoms with E-state index in [-0.39, 0.29) is 12.1 Å². The summed E-state index contributed by atoms with van der Waals surface area (Å²) < 4.78 is 9.51. The minimum Gasteiger partial charge on any atom is -0.480 e. The zero-order valence-electron chi connectivity index (χ0n) is 16.2. The third kappa shape index (κ3) is 2.98. The Hall–Kier alpha value is -3.09. The Labute approximate surface area is 192 Å². The second-order valence-corrected chi connectivity index (χ2v) is 8.78. The van der Waals surface area contributed by atoms with Crippen LogP contribution in [0.2, 0.25) is 5.02 Å². The number of aromatic nitrogens is 3. The van der Waals surface area contributed by atoms with Gasteiger partial charge < -0.3 is 10.1 Å². The molecule has 0 fully saturated rings. The van der Waals surface area contributed by atoms with E-state index in [1.165, 1.54) is 0 Å². The van der Waals surface area contributed by atoms with E-state index in [2.05, 4.69) is 49.5 Å². The number of nitrogens with one attached hydrogen (secondary N) is 1. The van der Waals surface area contributed by atoms with Gasteiger partial charge in [-0.15, -0.1) is 0 Å². The molecular weight excluding hydrogens is 476 g/mol. The third-order valence-electron chi connectivity index (χ3n) is 5.69. The number of benzene rings is 3. The van der Waals surface area contributed by atoms with Gasteiger partial charge in [-0.3, -0.25) is 0 Å². The average Bonchev–Trinajstić information content (AvgIpc) is 3.27. The van der Waals surface area contributed by atoms with Crippen molar-refractivity contribution in [2.45, 2.75) is 12.1 Å². The molecule has 0 spiro atoms. The van der Waals surface area contributed by atoms with E-state index in [1.807, 2.05) is 59.3 Å². The quantitative estimate of drug-likeness (QED) is 0.360. The summed E-state index contributed by atoms with van der Waals surface area (Å²) in [6, 6.07) is 23.9. The van der Waals surface area contributed by atoms with Crippen LogP contribution in [0.15, 0.2) is 89.2 Å².